The number of fused-ring (bicyclic) bond motifs is 1. The lowest BCUT2D eigenvalue weighted by Gasteiger charge is -2.37. The third-order valence-corrected chi connectivity index (χ3v) is 5.29. The Kier molecular flexibility index (Phi) is 5.45. The molecule has 0 bridgehead atoms. The van der Waals surface area contributed by atoms with Gasteiger partial charge >= 0.3 is 5.97 Å². The molecule has 0 aromatic heterocycles. The average Bonchev–Trinajstić information content (AvgIpc) is 2.68. The third-order valence-electron chi connectivity index (χ3n) is 5.29. The first-order valence-electron chi connectivity index (χ1n) is 9.46. The van der Waals surface area contributed by atoms with E-state index in [2.05, 4.69) is 13.0 Å². The predicted molar refractivity (Wildman–Crippen MR) is 105 cm³/mol. The first kappa shape index (κ1) is 19.3. The molecule has 0 fully saturated rings. The Morgan fingerprint density at radius 2 is 2.04 bits per heavy atom. The molecule has 1 aliphatic rings. The van der Waals surface area contributed by atoms with Gasteiger partial charge in [0.15, 0.2) is 0 Å². The van der Waals surface area contributed by atoms with E-state index in [0.29, 0.717) is 18.8 Å². The minimum absolute atomic E-state index is 0.213. The van der Waals surface area contributed by atoms with Crippen molar-refractivity contribution in [2.45, 2.75) is 59.5 Å². The van der Waals surface area contributed by atoms with Gasteiger partial charge in [0.2, 0.25) is 0 Å². The van der Waals surface area contributed by atoms with Crippen LogP contribution in [0.15, 0.2) is 24.3 Å². The average molecular weight is 367 g/mol. The van der Waals surface area contributed by atoms with Gasteiger partial charge in [0.05, 0.1) is 0 Å². The standard InChI is InChI=1S/C23H27O4/c1-6-20(24)26-21-15(2)16(3)22-19(17(21)4)12-13-23(5,27-22)14-25-18-10-8-7-9-11-18/h7-8,10-11H,6,12-14H2,1-5H3. The molecule has 1 atom stereocenters. The normalized spacial score (nSPS) is 18.4. The van der Waals surface area contributed by atoms with Gasteiger partial charge in [0.1, 0.15) is 29.5 Å². The van der Waals surface area contributed by atoms with E-state index in [4.69, 9.17) is 14.2 Å². The van der Waals surface area contributed by atoms with E-state index in [1.165, 1.54) is 0 Å². The molecular formula is C23H27O4. The number of esters is 1. The van der Waals surface area contributed by atoms with Crippen LogP contribution in [0, 0.1) is 26.8 Å². The van der Waals surface area contributed by atoms with Crippen molar-refractivity contribution in [1.29, 1.82) is 0 Å². The van der Waals surface area contributed by atoms with Crippen LogP contribution in [0.1, 0.15) is 48.9 Å². The molecule has 1 unspecified atom stereocenters. The van der Waals surface area contributed by atoms with Crippen LogP contribution >= 0.6 is 0 Å². The second kappa shape index (κ2) is 7.63. The highest BCUT2D eigenvalue weighted by Crippen LogP contribution is 2.44. The number of hydrogen-bond donors (Lipinski definition) is 0. The molecule has 4 nitrogen and oxygen atoms in total. The van der Waals surface area contributed by atoms with Crippen LogP contribution in [0.4, 0.5) is 0 Å². The topological polar surface area (TPSA) is 44.8 Å². The summed E-state index contributed by atoms with van der Waals surface area (Å²) in [5, 5.41) is 0. The van der Waals surface area contributed by atoms with E-state index >= 15 is 0 Å². The van der Waals surface area contributed by atoms with Crippen molar-refractivity contribution in [3.05, 3.63) is 52.6 Å². The zero-order chi connectivity index (χ0) is 19.6. The van der Waals surface area contributed by atoms with Gasteiger partial charge in [-0.3, -0.25) is 4.79 Å². The number of benzene rings is 2. The van der Waals surface area contributed by atoms with Crippen LogP contribution in [-0.4, -0.2) is 18.2 Å². The molecule has 2 aromatic carbocycles. The lowest BCUT2D eigenvalue weighted by molar-refractivity contribution is -0.134. The molecule has 0 aliphatic carbocycles. The molecule has 0 saturated heterocycles. The minimum Gasteiger partial charge on any atom is -0.489 e. The van der Waals surface area contributed by atoms with Gasteiger partial charge in [0.25, 0.3) is 0 Å². The Labute approximate surface area is 161 Å². The molecule has 27 heavy (non-hydrogen) atoms. The van der Waals surface area contributed by atoms with Gasteiger partial charge in [-0.2, -0.15) is 0 Å². The fourth-order valence-corrected chi connectivity index (χ4v) is 3.42. The maximum atomic E-state index is 11.8. The molecule has 0 amide bonds. The van der Waals surface area contributed by atoms with E-state index in [9.17, 15) is 4.79 Å². The van der Waals surface area contributed by atoms with Crippen molar-refractivity contribution in [2.75, 3.05) is 6.61 Å². The maximum Gasteiger partial charge on any atom is 0.310 e. The molecule has 0 spiro atoms. The monoisotopic (exact) mass is 367 g/mol. The zero-order valence-corrected chi connectivity index (χ0v) is 16.8. The summed E-state index contributed by atoms with van der Waals surface area (Å²) in [6, 6.07) is 10.5. The number of ether oxygens (including phenoxy) is 3. The highest BCUT2D eigenvalue weighted by molar-refractivity contribution is 5.74. The molecule has 1 aliphatic heterocycles. The molecule has 3 rings (SSSR count). The van der Waals surface area contributed by atoms with Crippen LogP contribution in [0.5, 0.6) is 17.2 Å². The molecule has 1 heterocycles. The van der Waals surface area contributed by atoms with Crippen LogP contribution in [-0.2, 0) is 11.2 Å². The van der Waals surface area contributed by atoms with Crippen molar-refractivity contribution in [1.82, 2.24) is 0 Å². The quantitative estimate of drug-likeness (QED) is 0.557. The highest BCUT2D eigenvalue weighted by atomic mass is 16.5. The molecular weight excluding hydrogens is 340 g/mol. The van der Waals surface area contributed by atoms with Crippen LogP contribution in [0.25, 0.3) is 0 Å². The molecule has 0 N–H and O–H groups in total. The Morgan fingerprint density at radius 3 is 2.70 bits per heavy atom. The SMILES string of the molecule is CCC(=O)Oc1c(C)c(C)c2c(c1C)CCC(C)(COc1c[c]ccc1)O2. The summed E-state index contributed by atoms with van der Waals surface area (Å²) >= 11 is 0. The van der Waals surface area contributed by atoms with Gasteiger partial charge in [-0.25, -0.2) is 0 Å². The van der Waals surface area contributed by atoms with E-state index in [1.807, 2.05) is 45.0 Å². The van der Waals surface area contributed by atoms with Crippen LogP contribution in [0.2, 0.25) is 0 Å². The fraction of sp³-hybridized carbons (Fsp3) is 0.435. The molecule has 0 saturated carbocycles. The molecule has 1 radical (unpaired) electrons. The van der Waals surface area contributed by atoms with Crippen molar-refractivity contribution < 1.29 is 19.0 Å². The van der Waals surface area contributed by atoms with Crippen molar-refractivity contribution in [2.24, 2.45) is 0 Å². The van der Waals surface area contributed by atoms with E-state index in [1.54, 1.807) is 6.92 Å². The molecule has 143 valence electrons. The Morgan fingerprint density at radius 1 is 1.26 bits per heavy atom. The van der Waals surface area contributed by atoms with Crippen molar-refractivity contribution in [3.8, 4) is 17.2 Å². The van der Waals surface area contributed by atoms with Gasteiger partial charge in [-0.1, -0.05) is 19.1 Å². The van der Waals surface area contributed by atoms with E-state index < -0.39 is 5.60 Å². The zero-order valence-electron chi connectivity index (χ0n) is 16.8. The van der Waals surface area contributed by atoms with Crippen LogP contribution in [0.3, 0.4) is 0 Å². The van der Waals surface area contributed by atoms with Crippen LogP contribution < -0.4 is 14.2 Å². The van der Waals surface area contributed by atoms with Gasteiger partial charge in [0, 0.05) is 12.0 Å². The van der Waals surface area contributed by atoms with Gasteiger partial charge < -0.3 is 14.2 Å². The summed E-state index contributed by atoms with van der Waals surface area (Å²) in [7, 11) is 0. The van der Waals surface area contributed by atoms with Crippen molar-refractivity contribution in [3.63, 3.8) is 0 Å². The van der Waals surface area contributed by atoms with Crippen molar-refractivity contribution >= 4 is 5.97 Å². The lowest BCUT2D eigenvalue weighted by atomic mass is 9.87. The second-order valence-electron chi connectivity index (χ2n) is 7.42. The Hall–Kier alpha value is -2.49. The van der Waals surface area contributed by atoms with E-state index in [-0.39, 0.29) is 5.97 Å². The van der Waals surface area contributed by atoms with Gasteiger partial charge in [-0.05, 0) is 75.4 Å². The Balaban J connectivity index is 1.86. The smallest absolute Gasteiger partial charge is 0.310 e. The number of hydrogen-bond acceptors (Lipinski definition) is 4. The third kappa shape index (κ3) is 3.95. The first-order valence-corrected chi connectivity index (χ1v) is 9.46. The highest BCUT2D eigenvalue weighted by Gasteiger charge is 2.35. The predicted octanol–water partition coefficient (Wildman–Crippen LogP) is 4.89. The van der Waals surface area contributed by atoms with E-state index in [0.717, 1.165) is 46.6 Å². The summed E-state index contributed by atoms with van der Waals surface area (Å²) in [6.45, 7) is 10.4. The second-order valence-corrected chi connectivity index (χ2v) is 7.42. The summed E-state index contributed by atoms with van der Waals surface area (Å²) < 4.78 is 18.0. The first-order chi connectivity index (χ1) is 12.8. The lowest BCUT2D eigenvalue weighted by Crippen LogP contribution is -2.42. The van der Waals surface area contributed by atoms with Gasteiger partial charge in [-0.15, -0.1) is 0 Å². The summed E-state index contributed by atoms with van der Waals surface area (Å²) in [4.78, 5) is 11.8. The number of carbonyl (C=O) groups excluding carboxylic acids is 1. The largest absolute Gasteiger partial charge is 0.489 e. The fourth-order valence-electron chi connectivity index (χ4n) is 3.42. The molecule has 2 aromatic rings. The maximum absolute atomic E-state index is 11.8. The summed E-state index contributed by atoms with van der Waals surface area (Å²) in [5.74, 6) is 2.16. The summed E-state index contributed by atoms with van der Waals surface area (Å²) in [5.41, 5.74) is 3.69. The minimum atomic E-state index is -0.409. The Bertz CT molecular complexity index is 841. The number of rotatable bonds is 5. The number of carbonyl (C=O) groups is 1. The summed E-state index contributed by atoms with van der Waals surface area (Å²) in [6.07, 6.45) is 2.05. The molecule has 4 heteroatoms.